The molecule has 0 bridgehead atoms. The average molecular weight is 358 g/mol. The molecule has 3 aromatic rings. The third-order valence-corrected chi connectivity index (χ3v) is 5.12. The first-order valence-electron chi connectivity index (χ1n) is 8.79. The number of pyridine rings is 1. The fourth-order valence-electron chi connectivity index (χ4n) is 3.51. The van der Waals surface area contributed by atoms with Crippen molar-refractivity contribution in [2.45, 2.75) is 18.3 Å². The van der Waals surface area contributed by atoms with Crippen LogP contribution in [-0.4, -0.2) is 43.6 Å². The van der Waals surface area contributed by atoms with Crippen molar-refractivity contribution in [2.75, 3.05) is 13.1 Å². The number of amides is 1. The number of hydrogen-bond donors (Lipinski definition) is 0. The zero-order chi connectivity index (χ0) is 18.7. The lowest BCUT2D eigenvalue weighted by atomic mass is 9.74. The summed E-state index contributed by atoms with van der Waals surface area (Å²) in [7, 11) is 0. The molecule has 1 aliphatic heterocycles. The van der Waals surface area contributed by atoms with Gasteiger partial charge in [-0.05, 0) is 30.5 Å². The van der Waals surface area contributed by atoms with Gasteiger partial charge in [0.2, 0.25) is 0 Å². The van der Waals surface area contributed by atoms with Crippen LogP contribution in [0.3, 0.4) is 0 Å². The summed E-state index contributed by atoms with van der Waals surface area (Å²) in [6.07, 6.45) is 5.94. The molecule has 0 atom stereocenters. The topological polar surface area (TPSA) is 87.7 Å². The van der Waals surface area contributed by atoms with E-state index in [9.17, 15) is 10.1 Å². The van der Waals surface area contributed by atoms with Crippen LogP contribution in [0.15, 0.2) is 61.3 Å². The Bertz CT molecular complexity index is 969. The molecule has 7 heteroatoms. The Hall–Kier alpha value is -3.53. The Morgan fingerprint density at radius 1 is 1.07 bits per heavy atom. The van der Waals surface area contributed by atoms with Crippen LogP contribution in [0.25, 0.3) is 5.82 Å². The number of piperidine rings is 1. The molecule has 1 aromatic carbocycles. The zero-order valence-corrected chi connectivity index (χ0v) is 14.7. The Morgan fingerprint density at radius 2 is 1.78 bits per heavy atom. The van der Waals surface area contributed by atoms with Crippen LogP contribution < -0.4 is 0 Å². The molecule has 0 radical (unpaired) electrons. The molecule has 3 heterocycles. The van der Waals surface area contributed by atoms with E-state index in [1.807, 2.05) is 35.2 Å². The molecule has 0 aliphatic carbocycles. The molecule has 2 aromatic heterocycles. The molecular formula is C20H18N6O. The highest BCUT2D eigenvalue weighted by Crippen LogP contribution is 2.35. The zero-order valence-electron chi connectivity index (χ0n) is 14.7. The predicted octanol–water partition coefficient (Wildman–Crippen LogP) is 2.36. The molecule has 0 unspecified atom stereocenters. The van der Waals surface area contributed by atoms with E-state index >= 15 is 0 Å². The lowest BCUT2D eigenvalue weighted by Gasteiger charge is -2.37. The van der Waals surface area contributed by atoms with Crippen LogP contribution in [0.4, 0.5) is 0 Å². The first kappa shape index (κ1) is 16.9. The largest absolute Gasteiger partial charge is 0.339 e. The van der Waals surface area contributed by atoms with Crippen LogP contribution in [-0.2, 0) is 5.41 Å². The summed E-state index contributed by atoms with van der Waals surface area (Å²) in [6, 6.07) is 15.8. The third-order valence-electron chi connectivity index (χ3n) is 5.12. The molecule has 1 amide bonds. The summed E-state index contributed by atoms with van der Waals surface area (Å²) >= 11 is 0. The van der Waals surface area contributed by atoms with Gasteiger partial charge in [-0.3, -0.25) is 9.36 Å². The Kier molecular flexibility index (Phi) is 4.38. The van der Waals surface area contributed by atoms with Gasteiger partial charge in [-0.15, -0.1) is 10.2 Å². The maximum absolute atomic E-state index is 12.9. The van der Waals surface area contributed by atoms with Gasteiger partial charge in [0, 0.05) is 24.8 Å². The molecule has 27 heavy (non-hydrogen) atoms. The van der Waals surface area contributed by atoms with Gasteiger partial charge in [0.05, 0.1) is 11.5 Å². The van der Waals surface area contributed by atoms with Crippen molar-refractivity contribution < 1.29 is 4.79 Å². The first-order chi connectivity index (χ1) is 13.2. The second-order valence-corrected chi connectivity index (χ2v) is 6.62. The third kappa shape index (κ3) is 3.17. The van der Waals surface area contributed by atoms with Crippen LogP contribution in [0.1, 0.15) is 28.8 Å². The quantitative estimate of drug-likeness (QED) is 0.717. The summed E-state index contributed by atoms with van der Waals surface area (Å²) in [5.74, 6) is 0.546. The number of carbonyl (C=O) groups is 1. The van der Waals surface area contributed by atoms with Crippen molar-refractivity contribution in [1.29, 1.82) is 5.26 Å². The first-order valence-corrected chi connectivity index (χ1v) is 8.79. The fraction of sp³-hybridized carbons (Fsp3) is 0.250. The van der Waals surface area contributed by atoms with Gasteiger partial charge in [-0.25, -0.2) is 4.98 Å². The van der Waals surface area contributed by atoms with Gasteiger partial charge in [0.1, 0.15) is 18.5 Å². The lowest BCUT2D eigenvalue weighted by molar-refractivity contribution is 0.0691. The molecule has 1 fully saturated rings. The maximum atomic E-state index is 12.9. The highest BCUT2D eigenvalue weighted by atomic mass is 16.2. The van der Waals surface area contributed by atoms with Crippen molar-refractivity contribution in [1.82, 2.24) is 24.6 Å². The summed E-state index contributed by atoms with van der Waals surface area (Å²) in [6.45, 7) is 1.09. The van der Waals surface area contributed by atoms with Crippen molar-refractivity contribution in [3.8, 4) is 11.9 Å². The van der Waals surface area contributed by atoms with Crippen LogP contribution in [0.5, 0.6) is 0 Å². The number of nitrogens with zero attached hydrogens (tertiary/aromatic N) is 6. The van der Waals surface area contributed by atoms with Crippen LogP contribution >= 0.6 is 0 Å². The summed E-state index contributed by atoms with van der Waals surface area (Å²) < 4.78 is 1.66. The van der Waals surface area contributed by atoms with Gasteiger partial charge in [0.25, 0.3) is 5.91 Å². The van der Waals surface area contributed by atoms with Crippen LogP contribution in [0.2, 0.25) is 0 Å². The van der Waals surface area contributed by atoms with E-state index in [0.29, 0.717) is 37.3 Å². The van der Waals surface area contributed by atoms with E-state index in [1.54, 1.807) is 35.6 Å². The van der Waals surface area contributed by atoms with Gasteiger partial charge in [0.15, 0.2) is 0 Å². The smallest absolute Gasteiger partial charge is 0.254 e. The summed E-state index contributed by atoms with van der Waals surface area (Å²) in [5, 5.41) is 17.3. The Labute approximate surface area is 156 Å². The molecule has 4 rings (SSSR count). The average Bonchev–Trinajstić information content (AvgIpc) is 3.29. The number of rotatable bonds is 3. The number of hydrogen-bond acceptors (Lipinski definition) is 5. The summed E-state index contributed by atoms with van der Waals surface area (Å²) in [5.41, 5.74) is 1.07. The lowest BCUT2D eigenvalue weighted by Crippen LogP contribution is -2.44. The molecule has 0 spiro atoms. The monoisotopic (exact) mass is 358 g/mol. The fourth-order valence-corrected chi connectivity index (χ4v) is 3.51. The molecule has 0 N–H and O–H groups in total. The van der Waals surface area contributed by atoms with Crippen molar-refractivity contribution in [3.05, 3.63) is 72.4 Å². The van der Waals surface area contributed by atoms with Gasteiger partial charge in [-0.1, -0.05) is 30.3 Å². The predicted molar refractivity (Wildman–Crippen MR) is 98.0 cm³/mol. The van der Waals surface area contributed by atoms with Crippen molar-refractivity contribution in [2.24, 2.45) is 0 Å². The number of carbonyl (C=O) groups excluding carboxylic acids is 1. The molecule has 1 aliphatic rings. The normalized spacial score (nSPS) is 15.9. The molecule has 1 saturated heterocycles. The maximum Gasteiger partial charge on any atom is 0.254 e. The van der Waals surface area contributed by atoms with E-state index < -0.39 is 5.41 Å². The van der Waals surface area contributed by atoms with Crippen LogP contribution in [0, 0.1) is 11.3 Å². The molecule has 0 saturated carbocycles. The number of nitriles is 1. The second kappa shape index (κ2) is 7.00. The van der Waals surface area contributed by atoms with Crippen molar-refractivity contribution >= 4 is 5.91 Å². The van der Waals surface area contributed by atoms with E-state index in [4.69, 9.17) is 0 Å². The van der Waals surface area contributed by atoms with E-state index in [1.165, 1.54) is 0 Å². The van der Waals surface area contributed by atoms with E-state index in [0.717, 1.165) is 5.56 Å². The molecular weight excluding hydrogens is 340 g/mol. The molecule has 134 valence electrons. The van der Waals surface area contributed by atoms with E-state index in [2.05, 4.69) is 21.3 Å². The van der Waals surface area contributed by atoms with Gasteiger partial charge < -0.3 is 4.90 Å². The Morgan fingerprint density at radius 3 is 2.44 bits per heavy atom. The second-order valence-electron chi connectivity index (χ2n) is 6.62. The number of likely N-dealkylation sites (tertiary alicyclic amines) is 1. The van der Waals surface area contributed by atoms with Gasteiger partial charge >= 0.3 is 0 Å². The number of benzene rings is 1. The van der Waals surface area contributed by atoms with Gasteiger partial charge in [-0.2, -0.15) is 5.26 Å². The standard InChI is InChI=1S/C20H18N6O/c21-13-20(17-4-2-1-3-5-17)7-10-25(11-8-20)19(27)16-6-9-22-18(12-16)26-14-23-24-15-26/h1-6,9,12,14-15H,7-8,10-11H2. The minimum absolute atomic E-state index is 0.0497. The van der Waals surface area contributed by atoms with Crippen molar-refractivity contribution in [3.63, 3.8) is 0 Å². The van der Waals surface area contributed by atoms with E-state index in [-0.39, 0.29) is 5.91 Å². The Balaban J connectivity index is 1.51. The molecule has 7 nitrogen and oxygen atoms in total. The minimum Gasteiger partial charge on any atom is -0.339 e. The minimum atomic E-state index is -0.524. The SMILES string of the molecule is N#CC1(c2ccccc2)CCN(C(=O)c2ccnc(-n3cnnc3)c2)CC1. The number of aromatic nitrogens is 4. The highest BCUT2D eigenvalue weighted by molar-refractivity contribution is 5.94. The summed E-state index contributed by atoms with van der Waals surface area (Å²) in [4.78, 5) is 19.0. The highest BCUT2D eigenvalue weighted by Gasteiger charge is 2.37.